The Hall–Kier alpha value is -0.950. The van der Waals surface area contributed by atoms with Gasteiger partial charge in [-0.25, -0.2) is 13.1 Å². The van der Waals surface area contributed by atoms with Gasteiger partial charge >= 0.3 is 0 Å². The first-order valence-corrected chi connectivity index (χ1v) is 8.40. The van der Waals surface area contributed by atoms with Gasteiger partial charge in [0.15, 0.2) is 0 Å². The van der Waals surface area contributed by atoms with Gasteiger partial charge in [-0.1, -0.05) is 17.7 Å². The monoisotopic (exact) mass is 316 g/mol. The first kappa shape index (κ1) is 14.5. The third-order valence-electron chi connectivity index (χ3n) is 2.44. The second-order valence-corrected chi connectivity index (χ2v) is 7.59. The molecule has 0 atom stereocenters. The SMILES string of the molecule is O=S(=O)(NCCCc1ccccn1)c1ccc(Cl)s1. The van der Waals surface area contributed by atoms with E-state index in [4.69, 9.17) is 11.6 Å². The number of thiophene rings is 1. The standard InChI is InChI=1S/C12H13ClN2O2S2/c13-11-6-7-12(18-11)19(16,17)15-9-3-5-10-4-1-2-8-14-10/h1-2,4,6-8,15H,3,5,9H2. The minimum Gasteiger partial charge on any atom is -0.261 e. The number of nitrogens with zero attached hydrogens (tertiary/aromatic N) is 1. The highest BCUT2D eigenvalue weighted by molar-refractivity contribution is 7.91. The van der Waals surface area contributed by atoms with Crippen LogP contribution in [0.3, 0.4) is 0 Å². The predicted molar refractivity (Wildman–Crippen MR) is 77.1 cm³/mol. The van der Waals surface area contributed by atoms with Crippen molar-refractivity contribution >= 4 is 33.0 Å². The number of halogens is 1. The average Bonchev–Trinajstić information content (AvgIpc) is 2.84. The molecule has 0 unspecified atom stereocenters. The fraction of sp³-hybridized carbons (Fsp3) is 0.250. The van der Waals surface area contributed by atoms with Gasteiger partial charge in [0.05, 0.1) is 4.34 Å². The number of hydrogen-bond acceptors (Lipinski definition) is 4. The van der Waals surface area contributed by atoms with Crippen molar-refractivity contribution in [3.05, 3.63) is 46.6 Å². The van der Waals surface area contributed by atoms with Crippen LogP contribution in [0.1, 0.15) is 12.1 Å². The lowest BCUT2D eigenvalue weighted by molar-refractivity contribution is 0.581. The quantitative estimate of drug-likeness (QED) is 0.834. The van der Waals surface area contributed by atoms with E-state index in [1.54, 1.807) is 12.3 Å². The van der Waals surface area contributed by atoms with Crippen molar-refractivity contribution < 1.29 is 8.42 Å². The van der Waals surface area contributed by atoms with Gasteiger partial charge in [0.2, 0.25) is 10.0 Å². The molecule has 0 aromatic carbocycles. The van der Waals surface area contributed by atoms with Crippen LogP contribution in [0.5, 0.6) is 0 Å². The van der Waals surface area contributed by atoms with Gasteiger partial charge in [-0.15, -0.1) is 11.3 Å². The largest absolute Gasteiger partial charge is 0.261 e. The highest BCUT2D eigenvalue weighted by Gasteiger charge is 2.15. The molecule has 2 aromatic rings. The van der Waals surface area contributed by atoms with Crippen molar-refractivity contribution in [1.29, 1.82) is 0 Å². The van der Waals surface area contributed by atoms with Crippen molar-refractivity contribution in [3.8, 4) is 0 Å². The molecule has 0 aliphatic heterocycles. The summed E-state index contributed by atoms with van der Waals surface area (Å²) in [6.45, 7) is 0.383. The van der Waals surface area contributed by atoms with Gasteiger partial charge in [-0.2, -0.15) is 0 Å². The molecule has 0 bridgehead atoms. The average molecular weight is 317 g/mol. The van der Waals surface area contributed by atoms with Gasteiger partial charge in [0, 0.05) is 18.4 Å². The first-order valence-electron chi connectivity index (χ1n) is 5.73. The fourth-order valence-corrected chi connectivity index (χ4v) is 4.14. The van der Waals surface area contributed by atoms with E-state index in [-0.39, 0.29) is 4.21 Å². The zero-order valence-corrected chi connectivity index (χ0v) is 12.4. The number of nitrogens with one attached hydrogen (secondary N) is 1. The van der Waals surface area contributed by atoms with Gasteiger partial charge in [-0.05, 0) is 37.1 Å². The summed E-state index contributed by atoms with van der Waals surface area (Å²) >= 11 is 6.78. The van der Waals surface area contributed by atoms with Crippen LogP contribution in [-0.2, 0) is 16.4 Å². The molecule has 102 valence electrons. The van der Waals surface area contributed by atoms with Crippen molar-refractivity contribution in [3.63, 3.8) is 0 Å². The second kappa shape index (κ2) is 6.47. The molecule has 0 amide bonds. The van der Waals surface area contributed by atoms with Crippen LogP contribution in [-0.4, -0.2) is 19.9 Å². The molecule has 0 spiro atoms. The Morgan fingerprint density at radius 1 is 1.26 bits per heavy atom. The van der Waals surface area contributed by atoms with E-state index >= 15 is 0 Å². The molecule has 0 aliphatic rings. The number of aryl methyl sites for hydroxylation is 1. The summed E-state index contributed by atoms with van der Waals surface area (Å²) in [6.07, 6.45) is 3.18. The Morgan fingerprint density at radius 2 is 2.11 bits per heavy atom. The number of hydrogen-bond donors (Lipinski definition) is 1. The molecule has 0 aliphatic carbocycles. The summed E-state index contributed by atoms with van der Waals surface area (Å²) in [6, 6.07) is 8.78. The molecule has 0 radical (unpaired) electrons. The molecular formula is C12H13ClN2O2S2. The van der Waals surface area contributed by atoms with Gasteiger partial charge in [0.25, 0.3) is 0 Å². The summed E-state index contributed by atoms with van der Waals surface area (Å²) in [7, 11) is -3.43. The van der Waals surface area contributed by atoms with Crippen molar-refractivity contribution in [1.82, 2.24) is 9.71 Å². The van der Waals surface area contributed by atoms with E-state index in [0.717, 1.165) is 23.5 Å². The highest BCUT2D eigenvalue weighted by Crippen LogP contribution is 2.25. The van der Waals surface area contributed by atoms with E-state index in [9.17, 15) is 8.42 Å². The molecule has 1 N–H and O–H groups in total. The molecular weight excluding hydrogens is 304 g/mol. The zero-order chi connectivity index (χ0) is 13.7. The van der Waals surface area contributed by atoms with Crippen LogP contribution in [0.4, 0.5) is 0 Å². The smallest absolute Gasteiger partial charge is 0.250 e. The minimum absolute atomic E-state index is 0.246. The Kier molecular flexibility index (Phi) is 4.93. The Bertz CT molecular complexity index is 626. The Balaban J connectivity index is 1.83. The lowest BCUT2D eigenvalue weighted by Crippen LogP contribution is -2.24. The van der Waals surface area contributed by atoms with E-state index in [0.29, 0.717) is 17.3 Å². The third kappa shape index (κ3) is 4.28. The van der Waals surface area contributed by atoms with E-state index in [2.05, 4.69) is 9.71 Å². The fourth-order valence-electron chi connectivity index (χ4n) is 1.54. The van der Waals surface area contributed by atoms with Crippen LogP contribution < -0.4 is 4.72 Å². The minimum atomic E-state index is -3.43. The van der Waals surface area contributed by atoms with Gasteiger partial charge in [0.1, 0.15) is 4.21 Å². The van der Waals surface area contributed by atoms with E-state index in [1.807, 2.05) is 18.2 Å². The summed E-state index contributed by atoms with van der Waals surface area (Å²) in [4.78, 5) is 4.18. The Labute approximate surface area is 121 Å². The second-order valence-electron chi connectivity index (χ2n) is 3.88. The van der Waals surface area contributed by atoms with Crippen LogP contribution in [0.15, 0.2) is 40.7 Å². The normalized spacial score (nSPS) is 11.6. The first-order chi connectivity index (χ1) is 9.08. The lowest BCUT2D eigenvalue weighted by Gasteiger charge is -2.04. The summed E-state index contributed by atoms with van der Waals surface area (Å²) in [5, 5.41) is 0. The van der Waals surface area contributed by atoms with Crippen LogP contribution in [0.2, 0.25) is 4.34 Å². The topological polar surface area (TPSA) is 59.1 Å². The van der Waals surface area contributed by atoms with Crippen molar-refractivity contribution in [2.45, 2.75) is 17.1 Å². The van der Waals surface area contributed by atoms with Crippen LogP contribution in [0, 0.1) is 0 Å². The molecule has 0 saturated carbocycles. The molecule has 0 fully saturated rings. The van der Waals surface area contributed by atoms with Crippen LogP contribution in [0.25, 0.3) is 0 Å². The highest BCUT2D eigenvalue weighted by atomic mass is 35.5. The molecule has 2 aromatic heterocycles. The van der Waals surface area contributed by atoms with Crippen molar-refractivity contribution in [2.24, 2.45) is 0 Å². The van der Waals surface area contributed by atoms with E-state index in [1.165, 1.54) is 6.07 Å². The maximum Gasteiger partial charge on any atom is 0.250 e. The molecule has 4 nitrogen and oxygen atoms in total. The van der Waals surface area contributed by atoms with Gasteiger partial charge < -0.3 is 0 Å². The van der Waals surface area contributed by atoms with Gasteiger partial charge in [-0.3, -0.25) is 4.98 Å². The number of pyridine rings is 1. The third-order valence-corrected chi connectivity index (χ3v) is 5.63. The molecule has 0 saturated heterocycles. The lowest BCUT2D eigenvalue weighted by atomic mass is 10.2. The molecule has 2 rings (SSSR count). The number of aromatic nitrogens is 1. The maximum absolute atomic E-state index is 11.9. The number of sulfonamides is 1. The van der Waals surface area contributed by atoms with Crippen molar-refractivity contribution in [2.75, 3.05) is 6.54 Å². The summed E-state index contributed by atoms with van der Waals surface area (Å²) in [5.41, 5.74) is 0.959. The molecule has 7 heteroatoms. The molecule has 19 heavy (non-hydrogen) atoms. The molecule has 2 heterocycles. The van der Waals surface area contributed by atoms with E-state index < -0.39 is 10.0 Å². The summed E-state index contributed by atoms with van der Waals surface area (Å²) < 4.78 is 27.0. The van der Waals surface area contributed by atoms with Crippen LogP contribution >= 0.6 is 22.9 Å². The summed E-state index contributed by atoms with van der Waals surface area (Å²) in [5.74, 6) is 0. The maximum atomic E-state index is 11.9. The predicted octanol–water partition coefficient (Wildman–Crippen LogP) is 2.71. The Morgan fingerprint density at radius 3 is 2.74 bits per heavy atom. The zero-order valence-electron chi connectivity index (χ0n) is 10.0. The number of rotatable bonds is 6.